The van der Waals surface area contributed by atoms with E-state index in [0.29, 0.717) is 0 Å². The number of hydrogen-bond acceptors (Lipinski definition) is 8. The first-order valence-electron chi connectivity index (χ1n) is 8.66. The van der Waals surface area contributed by atoms with Crippen LogP contribution in [-0.2, 0) is 16.5 Å². The largest absolute Gasteiger partial charge is 0.416 e. The van der Waals surface area contributed by atoms with Gasteiger partial charge in [-0.1, -0.05) is 6.07 Å². The number of nitrogen functional groups attached to an aromatic ring is 1. The summed E-state index contributed by atoms with van der Waals surface area (Å²) in [5.41, 5.74) is 14.6. The number of rotatable bonds is 7. The summed E-state index contributed by atoms with van der Waals surface area (Å²) in [4.78, 5) is 21.1. The van der Waals surface area contributed by atoms with E-state index in [9.17, 15) is 23.2 Å². The summed E-state index contributed by atoms with van der Waals surface area (Å²) in [6, 6.07) is 6.05. The van der Waals surface area contributed by atoms with Crippen LogP contribution in [-0.4, -0.2) is 28.7 Å². The second kappa shape index (κ2) is 9.29. The standard InChI is InChI=1S/C18H20F3N7OS/c1-30-14-12(9-23)13(27-16(24)28-14)17(25,6-3-7-22)15(29)26-11-5-2-4-10(8-11)18(19,20)21/h2,4-5,8H,3,6-7,22,25H2,1H3,(H,26,29)(H2,24,27,28)/t17-/m1/s1. The van der Waals surface area contributed by atoms with E-state index in [0.717, 1.165) is 30.0 Å². The zero-order valence-corrected chi connectivity index (χ0v) is 16.8. The van der Waals surface area contributed by atoms with Gasteiger partial charge in [0.05, 0.1) is 11.3 Å². The zero-order valence-electron chi connectivity index (χ0n) is 16.0. The van der Waals surface area contributed by atoms with Gasteiger partial charge in [-0.05, 0) is 43.8 Å². The van der Waals surface area contributed by atoms with Crippen molar-refractivity contribution in [3.8, 4) is 6.07 Å². The Balaban J connectivity index is 2.54. The number of alkyl halides is 3. The van der Waals surface area contributed by atoms with Gasteiger partial charge in [-0.15, -0.1) is 11.8 Å². The van der Waals surface area contributed by atoms with Gasteiger partial charge in [0.15, 0.2) is 0 Å². The average molecular weight is 439 g/mol. The monoisotopic (exact) mass is 439 g/mol. The van der Waals surface area contributed by atoms with Crippen LogP contribution in [0.15, 0.2) is 29.3 Å². The van der Waals surface area contributed by atoms with Crippen molar-refractivity contribution in [2.24, 2.45) is 11.5 Å². The summed E-state index contributed by atoms with van der Waals surface area (Å²) >= 11 is 1.12. The van der Waals surface area contributed by atoms with Crippen molar-refractivity contribution in [1.29, 1.82) is 5.26 Å². The number of thioether (sulfide) groups is 1. The van der Waals surface area contributed by atoms with Crippen LogP contribution < -0.4 is 22.5 Å². The summed E-state index contributed by atoms with van der Waals surface area (Å²) in [6.45, 7) is 0.188. The quantitative estimate of drug-likeness (QED) is 0.378. The van der Waals surface area contributed by atoms with E-state index in [1.165, 1.54) is 6.07 Å². The fraction of sp³-hybridized carbons (Fsp3) is 0.333. The molecule has 0 saturated carbocycles. The third kappa shape index (κ3) is 4.99. The number of nitrogens with one attached hydrogen (secondary N) is 1. The maximum absolute atomic E-state index is 13.1. The first kappa shape index (κ1) is 23.4. The Morgan fingerprint density at radius 1 is 1.33 bits per heavy atom. The number of anilines is 2. The molecule has 0 spiro atoms. The van der Waals surface area contributed by atoms with Gasteiger partial charge >= 0.3 is 6.18 Å². The fourth-order valence-electron chi connectivity index (χ4n) is 2.76. The highest BCUT2D eigenvalue weighted by atomic mass is 32.2. The zero-order chi connectivity index (χ0) is 22.5. The lowest BCUT2D eigenvalue weighted by Gasteiger charge is -2.29. The summed E-state index contributed by atoms with van der Waals surface area (Å²) < 4.78 is 38.9. The van der Waals surface area contributed by atoms with Crippen LogP contribution in [0.1, 0.15) is 29.7 Å². The van der Waals surface area contributed by atoms with Crippen molar-refractivity contribution in [2.75, 3.05) is 23.9 Å². The molecular formula is C18H20F3N7OS. The molecule has 1 aromatic heterocycles. The smallest absolute Gasteiger partial charge is 0.368 e. The number of benzene rings is 1. The average Bonchev–Trinajstić information content (AvgIpc) is 2.70. The van der Waals surface area contributed by atoms with Gasteiger partial charge in [-0.2, -0.15) is 18.4 Å². The first-order valence-corrected chi connectivity index (χ1v) is 9.89. The van der Waals surface area contributed by atoms with E-state index in [2.05, 4.69) is 15.3 Å². The van der Waals surface area contributed by atoms with E-state index < -0.39 is 23.2 Å². The molecule has 0 radical (unpaired) electrons. The molecule has 0 aliphatic carbocycles. The molecule has 8 nitrogen and oxygen atoms in total. The molecular weight excluding hydrogens is 419 g/mol. The molecule has 1 heterocycles. The molecule has 160 valence electrons. The number of nitrogens with two attached hydrogens (primary N) is 3. The normalized spacial score (nSPS) is 13.4. The Labute approximate surface area is 175 Å². The summed E-state index contributed by atoms with van der Waals surface area (Å²) in [5.74, 6) is -1.04. The molecule has 2 rings (SSSR count). The Hall–Kier alpha value is -2.88. The minimum Gasteiger partial charge on any atom is -0.368 e. The lowest BCUT2D eigenvalue weighted by molar-refractivity contribution is -0.137. The number of halogens is 3. The Morgan fingerprint density at radius 3 is 2.60 bits per heavy atom. The summed E-state index contributed by atoms with van der Waals surface area (Å²) in [7, 11) is 0. The van der Waals surface area contributed by atoms with Crippen molar-refractivity contribution < 1.29 is 18.0 Å². The molecule has 30 heavy (non-hydrogen) atoms. The maximum atomic E-state index is 13.1. The van der Waals surface area contributed by atoms with Crippen LogP contribution in [0.4, 0.5) is 24.8 Å². The minimum absolute atomic E-state index is 0.0206. The highest BCUT2D eigenvalue weighted by Gasteiger charge is 2.41. The lowest BCUT2D eigenvalue weighted by Crippen LogP contribution is -2.50. The van der Waals surface area contributed by atoms with E-state index in [4.69, 9.17) is 17.2 Å². The number of nitrogens with zero attached hydrogens (tertiary/aromatic N) is 3. The van der Waals surface area contributed by atoms with Crippen molar-refractivity contribution in [2.45, 2.75) is 29.6 Å². The summed E-state index contributed by atoms with van der Waals surface area (Å²) in [6.07, 6.45) is -2.65. The molecule has 0 bridgehead atoms. The number of hydrogen-bond donors (Lipinski definition) is 4. The highest BCUT2D eigenvalue weighted by Crippen LogP contribution is 2.33. The first-order chi connectivity index (χ1) is 14.1. The van der Waals surface area contributed by atoms with Gasteiger partial charge in [-0.3, -0.25) is 4.79 Å². The Kier molecular flexibility index (Phi) is 7.25. The van der Waals surface area contributed by atoms with E-state index in [1.807, 2.05) is 6.07 Å². The predicted octanol–water partition coefficient (Wildman–Crippen LogP) is 2.20. The molecule has 2 aromatic rings. The number of amides is 1. The van der Waals surface area contributed by atoms with Gasteiger partial charge in [0, 0.05) is 5.69 Å². The van der Waals surface area contributed by atoms with Crippen LogP contribution in [0.25, 0.3) is 0 Å². The van der Waals surface area contributed by atoms with Crippen molar-refractivity contribution in [3.05, 3.63) is 41.1 Å². The molecule has 0 fully saturated rings. The second-order valence-electron chi connectivity index (χ2n) is 6.32. The van der Waals surface area contributed by atoms with Crippen molar-refractivity contribution in [1.82, 2.24) is 9.97 Å². The maximum Gasteiger partial charge on any atom is 0.416 e. The van der Waals surface area contributed by atoms with Gasteiger partial charge in [0.25, 0.3) is 5.91 Å². The number of carbonyl (C=O) groups excluding carboxylic acids is 1. The van der Waals surface area contributed by atoms with Gasteiger partial charge in [-0.25, -0.2) is 9.97 Å². The van der Waals surface area contributed by atoms with Gasteiger partial charge < -0.3 is 22.5 Å². The number of carbonyl (C=O) groups is 1. The molecule has 1 atom stereocenters. The molecule has 0 aliphatic rings. The third-order valence-corrected chi connectivity index (χ3v) is 4.93. The molecule has 7 N–H and O–H groups in total. The fourth-order valence-corrected chi connectivity index (χ4v) is 3.30. The van der Waals surface area contributed by atoms with Gasteiger partial charge in [0.2, 0.25) is 5.95 Å². The number of aromatic nitrogens is 2. The van der Waals surface area contributed by atoms with E-state index >= 15 is 0 Å². The Bertz CT molecular complexity index is 977. The minimum atomic E-state index is -4.58. The van der Waals surface area contributed by atoms with Crippen LogP contribution in [0.3, 0.4) is 0 Å². The van der Waals surface area contributed by atoms with Gasteiger partial charge in [0.1, 0.15) is 22.2 Å². The third-order valence-electron chi connectivity index (χ3n) is 4.25. The van der Waals surface area contributed by atoms with Crippen LogP contribution in [0.2, 0.25) is 0 Å². The van der Waals surface area contributed by atoms with Crippen LogP contribution >= 0.6 is 11.8 Å². The van der Waals surface area contributed by atoms with Crippen molar-refractivity contribution in [3.63, 3.8) is 0 Å². The topological polar surface area (TPSA) is 157 Å². The molecule has 0 saturated heterocycles. The predicted molar refractivity (Wildman–Crippen MR) is 107 cm³/mol. The SMILES string of the molecule is CSc1nc(N)nc([C@](N)(CCCN)C(=O)Nc2cccc(C(F)(F)F)c2)c1C#N. The second-order valence-corrected chi connectivity index (χ2v) is 7.12. The summed E-state index contributed by atoms with van der Waals surface area (Å²) in [5, 5.41) is 12.2. The Morgan fingerprint density at radius 2 is 2.03 bits per heavy atom. The molecule has 12 heteroatoms. The highest BCUT2D eigenvalue weighted by molar-refractivity contribution is 7.98. The lowest BCUT2D eigenvalue weighted by atomic mass is 9.87. The van der Waals surface area contributed by atoms with Crippen LogP contribution in [0.5, 0.6) is 0 Å². The molecule has 1 aromatic carbocycles. The van der Waals surface area contributed by atoms with E-state index in [1.54, 1.807) is 6.26 Å². The molecule has 1 amide bonds. The number of nitriles is 1. The molecule has 0 aliphatic heterocycles. The van der Waals surface area contributed by atoms with Crippen molar-refractivity contribution >= 4 is 29.3 Å². The van der Waals surface area contributed by atoms with E-state index in [-0.39, 0.29) is 47.3 Å². The molecule has 0 unspecified atom stereocenters. The van der Waals surface area contributed by atoms with Crippen LogP contribution in [0, 0.1) is 11.3 Å².